The van der Waals surface area contributed by atoms with E-state index in [1.807, 2.05) is 0 Å². The second-order valence-electron chi connectivity index (χ2n) is 11.0. The number of hydrogen-bond donors (Lipinski definition) is 0. The number of aryl methyl sites for hydroxylation is 1. The lowest BCUT2D eigenvalue weighted by Crippen LogP contribution is -1.91. The Bertz CT molecular complexity index is 2480. The fourth-order valence-electron chi connectivity index (χ4n) is 7.19. The van der Waals surface area contributed by atoms with Gasteiger partial charge in [-0.25, -0.2) is 0 Å². The molecule has 9 aromatic rings. The summed E-state index contributed by atoms with van der Waals surface area (Å²) >= 11 is 0. The molecular weight excluding hydrogens is 513 g/mol. The van der Waals surface area contributed by atoms with Crippen LogP contribution in [0.2, 0.25) is 0 Å². The van der Waals surface area contributed by atoms with Crippen LogP contribution in [0.5, 0.6) is 0 Å². The summed E-state index contributed by atoms with van der Waals surface area (Å²) in [6.07, 6.45) is 0. The summed E-state index contributed by atoms with van der Waals surface area (Å²) in [4.78, 5) is 0. The zero-order valence-corrected chi connectivity index (χ0v) is 23.6. The van der Waals surface area contributed by atoms with Gasteiger partial charge in [0.25, 0.3) is 0 Å². The lowest BCUT2D eigenvalue weighted by atomic mass is 9.96. The van der Waals surface area contributed by atoms with Crippen molar-refractivity contribution in [1.82, 2.24) is 4.57 Å². The highest BCUT2D eigenvalue weighted by atomic mass is 31.1. The maximum atomic E-state index is 2.48. The van der Waals surface area contributed by atoms with Crippen molar-refractivity contribution in [2.24, 2.45) is 7.05 Å². The Kier molecular flexibility index (Phi) is 4.80. The summed E-state index contributed by atoms with van der Waals surface area (Å²) < 4.78 is 2.44. The van der Waals surface area contributed by atoms with Gasteiger partial charge in [-0.3, -0.25) is 0 Å². The summed E-state index contributed by atoms with van der Waals surface area (Å²) in [5.74, 6) is 0. The first kappa shape index (κ1) is 22.9. The minimum atomic E-state index is -0.603. The molecule has 1 nitrogen and oxygen atoms in total. The van der Waals surface area contributed by atoms with Crippen LogP contribution in [0.1, 0.15) is 0 Å². The molecule has 41 heavy (non-hydrogen) atoms. The fraction of sp³-hybridized carbons (Fsp3) is 0.0256. The van der Waals surface area contributed by atoms with Gasteiger partial charge >= 0.3 is 0 Å². The van der Waals surface area contributed by atoms with Crippen molar-refractivity contribution in [2.75, 3.05) is 0 Å². The van der Waals surface area contributed by atoms with Gasteiger partial charge in [0.2, 0.25) is 0 Å². The maximum absolute atomic E-state index is 2.48. The molecule has 7 aromatic carbocycles. The van der Waals surface area contributed by atoms with E-state index < -0.39 is 7.53 Å². The van der Waals surface area contributed by atoms with Crippen molar-refractivity contribution in [2.45, 2.75) is 0 Å². The summed E-state index contributed by atoms with van der Waals surface area (Å²) in [6.45, 7) is 0. The van der Waals surface area contributed by atoms with E-state index in [2.05, 4.69) is 151 Å². The van der Waals surface area contributed by atoms with Crippen LogP contribution in [0, 0.1) is 0 Å². The van der Waals surface area contributed by atoms with Crippen molar-refractivity contribution in [3.8, 4) is 16.4 Å². The molecule has 9 rings (SSSR count). The van der Waals surface area contributed by atoms with Crippen LogP contribution < -0.4 is 0 Å². The average Bonchev–Trinajstić information content (AvgIpc) is 3.53. The molecule has 0 N–H and O–H groups in total. The van der Waals surface area contributed by atoms with Crippen LogP contribution in [0.15, 0.2) is 140 Å². The Morgan fingerprint density at radius 2 is 1.05 bits per heavy atom. The molecule has 0 aliphatic heterocycles. The molecule has 1 unspecified atom stereocenters. The highest BCUT2D eigenvalue weighted by Gasteiger charge is 2.20. The molecule has 0 radical (unpaired) electrons. The van der Waals surface area contributed by atoms with E-state index in [1.165, 1.54) is 80.8 Å². The molecule has 192 valence electrons. The zero-order chi connectivity index (χ0) is 27.1. The fourth-order valence-corrected chi connectivity index (χ4v) is 9.85. The van der Waals surface area contributed by atoms with Crippen molar-refractivity contribution in [3.63, 3.8) is 0 Å². The van der Waals surface area contributed by atoms with E-state index in [-0.39, 0.29) is 0 Å². The highest BCUT2D eigenvalue weighted by molar-refractivity contribution is 7.67. The van der Waals surface area contributed by atoms with Gasteiger partial charge in [0.1, 0.15) is 0 Å². The molecule has 1 atom stereocenters. The predicted octanol–water partition coefficient (Wildman–Crippen LogP) is 11.6. The van der Waals surface area contributed by atoms with Gasteiger partial charge in [0, 0.05) is 39.0 Å². The van der Waals surface area contributed by atoms with Crippen LogP contribution in [-0.4, -0.2) is 4.57 Å². The maximum Gasteiger partial charge on any atom is 0.0575 e. The molecule has 2 heteroatoms. The molecular formula is C39H26NP. The van der Waals surface area contributed by atoms with Crippen LogP contribution in [0.4, 0.5) is 0 Å². The second-order valence-corrected chi connectivity index (χ2v) is 13.1. The third kappa shape index (κ3) is 3.13. The molecule has 0 amide bonds. The van der Waals surface area contributed by atoms with Crippen molar-refractivity contribution >= 4 is 71.9 Å². The number of para-hydroxylation sites is 1. The van der Waals surface area contributed by atoms with Gasteiger partial charge in [0.05, 0.1) is 11.0 Å². The quantitative estimate of drug-likeness (QED) is 0.193. The number of nitrogens with zero attached hydrogens (tertiary/aromatic N) is 1. The molecule has 2 aromatic heterocycles. The molecule has 0 saturated carbocycles. The SMILES string of the molecule is Cn1c2c(-c3ccc4c5ccccc5p(-c5ccccc5)c4c3)cccc2c2c3ccccc3c3ccccc3c21. The lowest BCUT2D eigenvalue weighted by molar-refractivity contribution is 1.02. The Balaban J connectivity index is 1.41. The van der Waals surface area contributed by atoms with E-state index in [1.54, 1.807) is 0 Å². The number of aromatic nitrogens is 1. The Hall–Kier alpha value is -4.84. The van der Waals surface area contributed by atoms with Crippen molar-refractivity contribution in [3.05, 3.63) is 140 Å². The highest BCUT2D eigenvalue weighted by Crippen LogP contribution is 2.56. The first-order valence-electron chi connectivity index (χ1n) is 14.2. The van der Waals surface area contributed by atoms with Crippen LogP contribution in [0.3, 0.4) is 0 Å². The minimum absolute atomic E-state index is 0.603. The number of benzene rings is 7. The van der Waals surface area contributed by atoms with E-state index in [0.717, 1.165) is 0 Å². The van der Waals surface area contributed by atoms with Gasteiger partial charge in [-0.1, -0.05) is 141 Å². The summed E-state index contributed by atoms with van der Waals surface area (Å²) in [6, 6.07) is 51.8. The van der Waals surface area contributed by atoms with E-state index in [0.29, 0.717) is 0 Å². The third-order valence-electron chi connectivity index (χ3n) is 8.88. The van der Waals surface area contributed by atoms with Crippen LogP contribution in [0.25, 0.3) is 80.8 Å². The Morgan fingerprint density at radius 1 is 0.439 bits per heavy atom. The van der Waals surface area contributed by atoms with E-state index in [4.69, 9.17) is 0 Å². The molecule has 0 aliphatic rings. The normalized spacial score (nSPS) is 12.5. The standard InChI is InChI=1S/C39H26NP/c1-40-38-27(19-11-20-34(38)37-32-17-7-5-14-28(32)29-15-6-8-18-33(29)39(37)40)25-22-23-31-30-16-9-10-21-35(30)41(36(31)24-25)26-12-3-2-4-13-26/h2-24H,1H3. The largest absolute Gasteiger partial charge is 0.343 e. The van der Waals surface area contributed by atoms with Gasteiger partial charge in [0.15, 0.2) is 0 Å². The Morgan fingerprint density at radius 3 is 1.85 bits per heavy atom. The van der Waals surface area contributed by atoms with E-state index in [9.17, 15) is 0 Å². The van der Waals surface area contributed by atoms with Gasteiger partial charge in [-0.15, -0.1) is 0 Å². The van der Waals surface area contributed by atoms with Crippen molar-refractivity contribution in [1.29, 1.82) is 0 Å². The first-order valence-corrected chi connectivity index (χ1v) is 15.5. The summed E-state index contributed by atoms with van der Waals surface area (Å²) in [5.41, 5.74) is 5.17. The van der Waals surface area contributed by atoms with Gasteiger partial charge < -0.3 is 4.57 Å². The number of fused-ring (bicyclic) bond motifs is 11. The number of rotatable bonds is 2. The van der Waals surface area contributed by atoms with Gasteiger partial charge in [-0.05, 0) is 43.9 Å². The van der Waals surface area contributed by atoms with Crippen LogP contribution in [-0.2, 0) is 7.05 Å². The molecule has 0 bridgehead atoms. The topological polar surface area (TPSA) is 4.93 Å². The summed E-state index contributed by atoms with van der Waals surface area (Å²) in [7, 11) is 1.64. The summed E-state index contributed by atoms with van der Waals surface area (Å²) in [5, 5.41) is 15.0. The average molecular weight is 540 g/mol. The molecule has 2 heterocycles. The second kappa shape index (κ2) is 8.58. The van der Waals surface area contributed by atoms with Crippen molar-refractivity contribution < 1.29 is 0 Å². The van der Waals surface area contributed by atoms with E-state index >= 15 is 0 Å². The smallest absolute Gasteiger partial charge is 0.0575 e. The molecule has 0 aliphatic carbocycles. The molecule has 0 saturated heterocycles. The zero-order valence-electron chi connectivity index (χ0n) is 22.7. The third-order valence-corrected chi connectivity index (χ3v) is 11.4. The van der Waals surface area contributed by atoms with Gasteiger partial charge in [-0.2, -0.15) is 0 Å². The number of hydrogen-bond acceptors (Lipinski definition) is 0. The lowest BCUT2D eigenvalue weighted by Gasteiger charge is -2.10. The molecule has 0 fully saturated rings. The monoisotopic (exact) mass is 539 g/mol. The molecule has 0 spiro atoms. The predicted molar refractivity (Wildman–Crippen MR) is 180 cm³/mol. The Labute approximate surface area is 238 Å². The first-order chi connectivity index (χ1) is 20.3. The van der Waals surface area contributed by atoms with Crippen LogP contribution >= 0.6 is 7.53 Å². The minimum Gasteiger partial charge on any atom is -0.343 e.